The zero-order chi connectivity index (χ0) is 13.7. The Morgan fingerprint density at radius 1 is 1.15 bits per heavy atom. The number of nitrogens with two attached hydrogens (primary N) is 1. The zero-order valence-corrected chi connectivity index (χ0v) is 12.5. The van der Waals surface area contributed by atoms with Crippen LogP contribution in [0, 0.1) is 29.6 Å². The van der Waals surface area contributed by atoms with Crippen LogP contribution in [0.4, 0.5) is 0 Å². The molecule has 5 rings (SSSR count). The number of hydrogen-bond donors (Lipinski definition) is 1. The lowest BCUT2D eigenvalue weighted by Crippen LogP contribution is -2.57. The van der Waals surface area contributed by atoms with Crippen molar-refractivity contribution in [3.63, 3.8) is 0 Å². The van der Waals surface area contributed by atoms with E-state index in [9.17, 15) is 0 Å². The molecule has 0 aromatic carbocycles. The van der Waals surface area contributed by atoms with Crippen LogP contribution in [0.1, 0.15) is 51.0 Å². The Morgan fingerprint density at radius 3 is 2.30 bits per heavy atom. The van der Waals surface area contributed by atoms with Gasteiger partial charge in [-0.1, -0.05) is 13.0 Å². The zero-order valence-electron chi connectivity index (χ0n) is 12.5. The van der Waals surface area contributed by atoms with Crippen molar-refractivity contribution in [3.8, 4) is 0 Å². The molecule has 2 heteroatoms. The maximum Gasteiger partial charge on any atom is 0.0456 e. The van der Waals surface area contributed by atoms with Gasteiger partial charge in [0.1, 0.15) is 0 Å². The lowest BCUT2D eigenvalue weighted by molar-refractivity contribution is -0.0726. The molecule has 0 saturated heterocycles. The third-order valence-corrected chi connectivity index (χ3v) is 6.61. The number of rotatable bonds is 3. The van der Waals surface area contributed by atoms with Crippen LogP contribution in [-0.4, -0.2) is 4.98 Å². The van der Waals surface area contributed by atoms with Gasteiger partial charge < -0.3 is 5.73 Å². The van der Waals surface area contributed by atoms with Crippen molar-refractivity contribution in [2.45, 2.75) is 51.0 Å². The lowest BCUT2D eigenvalue weighted by atomic mass is 9.47. The molecule has 0 radical (unpaired) electrons. The SMILES string of the molecule is CCC(N)(c1cccnc1)C1C2CC3CC(C2)CC1C3. The average Bonchev–Trinajstić information content (AvgIpc) is 2.46. The smallest absolute Gasteiger partial charge is 0.0456 e. The second-order valence-corrected chi connectivity index (χ2v) is 7.59. The quantitative estimate of drug-likeness (QED) is 0.909. The van der Waals surface area contributed by atoms with Crippen molar-refractivity contribution in [3.05, 3.63) is 30.1 Å². The molecule has 2 nitrogen and oxygen atoms in total. The molecule has 1 aromatic heterocycles. The Labute approximate surface area is 122 Å². The van der Waals surface area contributed by atoms with Gasteiger partial charge >= 0.3 is 0 Å². The number of aromatic nitrogens is 1. The molecular weight excluding hydrogens is 244 g/mol. The summed E-state index contributed by atoms with van der Waals surface area (Å²) < 4.78 is 0. The predicted molar refractivity (Wildman–Crippen MR) is 80.9 cm³/mol. The lowest BCUT2D eigenvalue weighted by Gasteiger charge is -2.59. The van der Waals surface area contributed by atoms with E-state index in [1.807, 2.05) is 18.5 Å². The molecule has 1 heterocycles. The fourth-order valence-corrected chi connectivity index (χ4v) is 6.04. The third kappa shape index (κ3) is 1.77. The van der Waals surface area contributed by atoms with Crippen LogP contribution >= 0.6 is 0 Å². The molecule has 4 aliphatic rings. The summed E-state index contributed by atoms with van der Waals surface area (Å²) in [5.74, 6) is 4.46. The van der Waals surface area contributed by atoms with Crippen LogP contribution in [-0.2, 0) is 5.54 Å². The first-order valence-corrected chi connectivity index (χ1v) is 8.40. The molecule has 20 heavy (non-hydrogen) atoms. The maximum atomic E-state index is 7.00. The molecule has 1 unspecified atom stereocenters. The topological polar surface area (TPSA) is 38.9 Å². The molecule has 0 amide bonds. The third-order valence-electron chi connectivity index (χ3n) is 6.61. The van der Waals surface area contributed by atoms with E-state index >= 15 is 0 Å². The van der Waals surface area contributed by atoms with Crippen molar-refractivity contribution >= 4 is 0 Å². The van der Waals surface area contributed by atoms with Gasteiger partial charge in [0.25, 0.3) is 0 Å². The van der Waals surface area contributed by atoms with E-state index in [0.717, 1.165) is 30.1 Å². The van der Waals surface area contributed by atoms with E-state index in [2.05, 4.69) is 18.0 Å². The van der Waals surface area contributed by atoms with Gasteiger partial charge in [0.15, 0.2) is 0 Å². The highest BCUT2D eigenvalue weighted by Crippen LogP contribution is 2.60. The van der Waals surface area contributed by atoms with Gasteiger partial charge in [-0.15, -0.1) is 0 Å². The van der Waals surface area contributed by atoms with Crippen molar-refractivity contribution in [1.29, 1.82) is 0 Å². The van der Waals surface area contributed by atoms with Gasteiger partial charge in [-0.2, -0.15) is 0 Å². The van der Waals surface area contributed by atoms with Crippen molar-refractivity contribution in [1.82, 2.24) is 4.98 Å². The number of nitrogens with zero attached hydrogens (tertiary/aromatic N) is 1. The molecule has 2 N–H and O–H groups in total. The van der Waals surface area contributed by atoms with Crippen molar-refractivity contribution in [2.75, 3.05) is 0 Å². The van der Waals surface area contributed by atoms with Crippen LogP contribution in [0.5, 0.6) is 0 Å². The van der Waals surface area contributed by atoms with Crippen LogP contribution in [0.25, 0.3) is 0 Å². The van der Waals surface area contributed by atoms with E-state index in [0.29, 0.717) is 5.92 Å². The summed E-state index contributed by atoms with van der Waals surface area (Å²) >= 11 is 0. The normalized spacial score (nSPS) is 41.6. The molecule has 0 spiro atoms. The molecular formula is C18H26N2. The minimum Gasteiger partial charge on any atom is -0.321 e. The first-order valence-electron chi connectivity index (χ1n) is 8.40. The Kier molecular flexibility index (Phi) is 2.92. The van der Waals surface area contributed by atoms with Gasteiger partial charge in [-0.3, -0.25) is 4.98 Å². The Hall–Kier alpha value is -0.890. The summed E-state index contributed by atoms with van der Waals surface area (Å²) in [4.78, 5) is 4.33. The molecule has 1 atom stereocenters. The molecule has 4 bridgehead atoms. The Balaban J connectivity index is 1.71. The van der Waals surface area contributed by atoms with Crippen molar-refractivity contribution < 1.29 is 0 Å². The number of hydrogen-bond acceptors (Lipinski definition) is 2. The predicted octanol–water partition coefficient (Wildman–Crippen LogP) is 3.72. The van der Waals surface area contributed by atoms with Gasteiger partial charge in [0, 0.05) is 17.9 Å². The van der Waals surface area contributed by atoms with Gasteiger partial charge in [0.2, 0.25) is 0 Å². The van der Waals surface area contributed by atoms with Crippen molar-refractivity contribution in [2.24, 2.45) is 35.3 Å². The van der Waals surface area contributed by atoms with Gasteiger partial charge in [-0.25, -0.2) is 0 Å². The summed E-state index contributed by atoms with van der Waals surface area (Å²) in [5, 5.41) is 0. The summed E-state index contributed by atoms with van der Waals surface area (Å²) in [5.41, 5.74) is 8.11. The Morgan fingerprint density at radius 2 is 1.80 bits per heavy atom. The van der Waals surface area contributed by atoms with Crippen LogP contribution in [0.15, 0.2) is 24.5 Å². The van der Waals surface area contributed by atoms with E-state index < -0.39 is 0 Å². The van der Waals surface area contributed by atoms with Crippen LogP contribution in [0.3, 0.4) is 0 Å². The Bertz CT molecular complexity index is 455. The molecule has 4 saturated carbocycles. The summed E-state index contributed by atoms with van der Waals surface area (Å²) in [6.07, 6.45) is 12.2. The molecule has 4 fully saturated rings. The van der Waals surface area contributed by atoms with Gasteiger partial charge in [-0.05, 0) is 79.7 Å². The average molecular weight is 270 g/mol. The van der Waals surface area contributed by atoms with E-state index in [1.165, 1.54) is 37.7 Å². The van der Waals surface area contributed by atoms with Crippen LogP contribution in [0.2, 0.25) is 0 Å². The second-order valence-electron chi connectivity index (χ2n) is 7.59. The van der Waals surface area contributed by atoms with E-state index in [4.69, 9.17) is 5.73 Å². The summed E-state index contributed by atoms with van der Waals surface area (Å²) in [7, 11) is 0. The number of pyridine rings is 1. The largest absolute Gasteiger partial charge is 0.321 e. The summed E-state index contributed by atoms with van der Waals surface area (Å²) in [6, 6.07) is 4.24. The molecule has 4 aliphatic carbocycles. The molecule has 108 valence electrons. The van der Waals surface area contributed by atoms with Gasteiger partial charge in [0.05, 0.1) is 0 Å². The van der Waals surface area contributed by atoms with E-state index in [-0.39, 0.29) is 5.54 Å². The summed E-state index contributed by atoms with van der Waals surface area (Å²) in [6.45, 7) is 2.26. The first kappa shape index (κ1) is 12.8. The highest BCUT2D eigenvalue weighted by molar-refractivity contribution is 5.24. The standard InChI is InChI=1S/C18H26N2/c1-2-18(19,16-4-3-5-20-11-16)17-14-7-12-6-13(9-14)10-15(17)8-12/h3-5,11-15,17H,2,6-10,19H2,1H3. The highest BCUT2D eigenvalue weighted by Gasteiger charge is 2.54. The monoisotopic (exact) mass is 270 g/mol. The fourth-order valence-electron chi connectivity index (χ4n) is 6.04. The fraction of sp³-hybridized carbons (Fsp3) is 0.722. The first-order chi connectivity index (χ1) is 9.70. The maximum absolute atomic E-state index is 7.00. The van der Waals surface area contributed by atoms with E-state index in [1.54, 1.807) is 0 Å². The highest BCUT2D eigenvalue weighted by atomic mass is 14.8. The minimum absolute atomic E-state index is 0.156. The molecule has 1 aromatic rings. The molecule has 0 aliphatic heterocycles. The second kappa shape index (κ2) is 4.56. The van der Waals surface area contributed by atoms with Crippen LogP contribution < -0.4 is 5.73 Å². The minimum atomic E-state index is -0.156.